The van der Waals surface area contributed by atoms with E-state index in [-0.39, 0.29) is 11.8 Å². The quantitative estimate of drug-likeness (QED) is 0.300. The smallest absolute Gasteiger partial charge is 0.227 e. The molecule has 0 atom stereocenters. The minimum Gasteiger partial charge on any atom is -0.335 e. The third-order valence-corrected chi connectivity index (χ3v) is 7.44. The molecule has 11 nitrogen and oxygen atoms in total. The fourth-order valence-corrected chi connectivity index (χ4v) is 5.21. The van der Waals surface area contributed by atoms with Crippen molar-refractivity contribution < 1.29 is 4.79 Å². The molecular formula is C29H26N10O. The number of nitrogens with zero attached hydrogens (tertiary/aromatic N) is 7. The Bertz CT molecular complexity index is 1840. The molecule has 1 aliphatic rings. The van der Waals surface area contributed by atoms with Gasteiger partial charge in [-0.15, -0.1) is 0 Å². The summed E-state index contributed by atoms with van der Waals surface area (Å²) in [6.45, 7) is 1.86. The number of fused-ring (bicyclic) bond motifs is 2. The van der Waals surface area contributed by atoms with Crippen molar-refractivity contribution in [2.24, 2.45) is 5.92 Å². The molecule has 198 valence electrons. The Morgan fingerprint density at radius 1 is 0.950 bits per heavy atom. The van der Waals surface area contributed by atoms with Crippen LogP contribution in [0, 0.1) is 5.92 Å². The molecule has 3 N–H and O–H groups in total. The number of imidazole rings is 1. The van der Waals surface area contributed by atoms with Gasteiger partial charge in [-0.05, 0) is 57.2 Å². The van der Waals surface area contributed by atoms with Crippen LogP contribution in [0.15, 0.2) is 67.5 Å². The van der Waals surface area contributed by atoms with Gasteiger partial charge in [0.2, 0.25) is 5.91 Å². The summed E-state index contributed by atoms with van der Waals surface area (Å²) < 4.78 is 0. The summed E-state index contributed by atoms with van der Waals surface area (Å²) in [5.41, 5.74) is 6.98. The van der Waals surface area contributed by atoms with Crippen molar-refractivity contribution in [2.75, 3.05) is 25.5 Å². The molecule has 7 heterocycles. The number of carbonyl (C=O) groups excluding carboxylic acids is 1. The largest absolute Gasteiger partial charge is 0.335 e. The highest BCUT2D eigenvalue weighted by Crippen LogP contribution is 2.32. The van der Waals surface area contributed by atoms with E-state index in [1.807, 2.05) is 36.5 Å². The van der Waals surface area contributed by atoms with Gasteiger partial charge in [0.15, 0.2) is 17.1 Å². The van der Waals surface area contributed by atoms with Crippen LogP contribution in [0.1, 0.15) is 12.8 Å². The maximum absolute atomic E-state index is 12.9. The van der Waals surface area contributed by atoms with Crippen LogP contribution >= 0.6 is 0 Å². The number of hydrogen-bond donors (Lipinski definition) is 3. The zero-order chi connectivity index (χ0) is 27.1. The van der Waals surface area contributed by atoms with Crippen molar-refractivity contribution in [1.29, 1.82) is 0 Å². The molecule has 6 aromatic heterocycles. The lowest BCUT2D eigenvalue weighted by molar-refractivity contribution is -0.121. The van der Waals surface area contributed by atoms with Crippen LogP contribution in [0.5, 0.6) is 0 Å². The highest BCUT2D eigenvalue weighted by Gasteiger charge is 2.23. The zero-order valence-corrected chi connectivity index (χ0v) is 21.8. The molecule has 7 rings (SSSR count). The number of likely N-dealkylation sites (tertiary alicyclic amines) is 1. The lowest BCUT2D eigenvalue weighted by Crippen LogP contribution is -2.35. The number of pyridine rings is 4. The van der Waals surface area contributed by atoms with Crippen LogP contribution in [0.25, 0.3) is 56.0 Å². The molecule has 0 aromatic carbocycles. The zero-order valence-electron chi connectivity index (χ0n) is 21.8. The topological polar surface area (TPSA) is 141 Å². The summed E-state index contributed by atoms with van der Waals surface area (Å²) in [6, 6.07) is 9.77. The van der Waals surface area contributed by atoms with E-state index >= 15 is 0 Å². The fourth-order valence-electron chi connectivity index (χ4n) is 5.21. The summed E-state index contributed by atoms with van der Waals surface area (Å²) in [5.74, 6) is 0.669. The first-order chi connectivity index (χ1) is 19.6. The van der Waals surface area contributed by atoms with Crippen LogP contribution in [0.3, 0.4) is 0 Å². The van der Waals surface area contributed by atoms with Gasteiger partial charge in [-0.2, -0.15) is 5.10 Å². The monoisotopic (exact) mass is 530 g/mol. The predicted molar refractivity (Wildman–Crippen MR) is 152 cm³/mol. The number of nitrogens with one attached hydrogen (secondary N) is 3. The second-order valence-corrected chi connectivity index (χ2v) is 10.1. The minimum atomic E-state index is 0.0170. The Labute approximate surface area is 229 Å². The highest BCUT2D eigenvalue weighted by molar-refractivity contribution is 5.96. The van der Waals surface area contributed by atoms with Crippen LogP contribution in [-0.2, 0) is 4.79 Å². The molecule has 6 aromatic rings. The first-order valence-corrected chi connectivity index (χ1v) is 13.2. The van der Waals surface area contributed by atoms with Crippen LogP contribution in [-0.4, -0.2) is 71.0 Å². The average Bonchev–Trinajstić information content (AvgIpc) is 3.62. The van der Waals surface area contributed by atoms with Crippen LogP contribution < -0.4 is 5.32 Å². The number of carbonyl (C=O) groups is 1. The Morgan fingerprint density at radius 3 is 2.65 bits per heavy atom. The van der Waals surface area contributed by atoms with Crippen molar-refractivity contribution in [3.63, 3.8) is 0 Å². The van der Waals surface area contributed by atoms with E-state index in [1.165, 1.54) is 0 Å². The Balaban J connectivity index is 1.20. The number of aromatic amines is 2. The summed E-state index contributed by atoms with van der Waals surface area (Å²) in [7, 11) is 2.09. The lowest BCUT2D eigenvalue weighted by atomic mass is 9.96. The van der Waals surface area contributed by atoms with Gasteiger partial charge >= 0.3 is 0 Å². The second-order valence-electron chi connectivity index (χ2n) is 10.1. The summed E-state index contributed by atoms with van der Waals surface area (Å²) in [5, 5.41) is 11.3. The molecule has 40 heavy (non-hydrogen) atoms. The van der Waals surface area contributed by atoms with Gasteiger partial charge in [0.25, 0.3) is 0 Å². The molecule has 0 radical (unpaired) electrons. The van der Waals surface area contributed by atoms with Crippen molar-refractivity contribution >= 4 is 33.8 Å². The van der Waals surface area contributed by atoms with Gasteiger partial charge in [0.05, 0.1) is 22.8 Å². The summed E-state index contributed by atoms with van der Waals surface area (Å²) in [6.07, 6.45) is 12.2. The van der Waals surface area contributed by atoms with Gasteiger partial charge < -0.3 is 15.2 Å². The van der Waals surface area contributed by atoms with E-state index in [2.05, 4.69) is 52.4 Å². The minimum absolute atomic E-state index is 0.0170. The first-order valence-electron chi connectivity index (χ1n) is 13.2. The summed E-state index contributed by atoms with van der Waals surface area (Å²) >= 11 is 0. The Morgan fingerprint density at radius 2 is 1.80 bits per heavy atom. The number of rotatable bonds is 5. The maximum Gasteiger partial charge on any atom is 0.227 e. The SMILES string of the molecule is CN1CCC(C(=O)Nc2cncc(-c3cnc4n[nH]c(-c5nc6nccc(-c7cccnc7)c6[nH]5)c4c3)c2)CC1. The van der Waals surface area contributed by atoms with E-state index in [9.17, 15) is 4.79 Å². The number of amides is 1. The average molecular weight is 531 g/mol. The van der Waals surface area contributed by atoms with Crippen molar-refractivity contribution in [2.45, 2.75) is 12.8 Å². The molecule has 0 bridgehead atoms. The first kappa shape index (κ1) is 24.0. The molecule has 1 aliphatic heterocycles. The summed E-state index contributed by atoms with van der Waals surface area (Å²) in [4.78, 5) is 40.9. The van der Waals surface area contributed by atoms with E-state index in [4.69, 9.17) is 4.98 Å². The van der Waals surface area contributed by atoms with Gasteiger partial charge in [0.1, 0.15) is 5.69 Å². The van der Waals surface area contributed by atoms with E-state index < -0.39 is 0 Å². The number of anilines is 1. The molecule has 0 unspecified atom stereocenters. The fraction of sp³-hybridized carbons (Fsp3) is 0.207. The Kier molecular flexibility index (Phi) is 5.97. The van der Waals surface area contributed by atoms with Gasteiger partial charge in [0, 0.05) is 59.2 Å². The standard InChI is InChI=1S/C29H26N10O/c1-39-9-5-17(6-10-39)29(40)34-21-11-19(14-31-16-21)20-12-23-25(37-38-26(23)33-15-20)28-35-24-22(4-8-32-27(24)36-28)18-3-2-7-30-13-18/h2-4,7-8,11-17H,5-6,9-10H2,1H3,(H,34,40)(H,32,35,36)(H,33,37,38). The van der Waals surface area contributed by atoms with Gasteiger partial charge in [-0.3, -0.25) is 19.9 Å². The molecule has 1 amide bonds. The molecule has 11 heteroatoms. The normalized spacial score (nSPS) is 14.6. The van der Waals surface area contributed by atoms with Crippen molar-refractivity contribution in [3.8, 4) is 33.8 Å². The third-order valence-electron chi connectivity index (χ3n) is 7.44. The second kappa shape index (κ2) is 9.93. The van der Waals surface area contributed by atoms with Crippen molar-refractivity contribution in [1.82, 2.24) is 45.0 Å². The molecule has 1 fully saturated rings. The number of aromatic nitrogens is 8. The third kappa shape index (κ3) is 4.46. The molecular weight excluding hydrogens is 504 g/mol. The number of hydrogen-bond acceptors (Lipinski definition) is 8. The van der Waals surface area contributed by atoms with Gasteiger partial charge in [-0.25, -0.2) is 15.0 Å². The molecule has 0 aliphatic carbocycles. The van der Waals surface area contributed by atoms with Crippen LogP contribution in [0.2, 0.25) is 0 Å². The molecule has 0 spiro atoms. The van der Waals surface area contributed by atoms with Crippen LogP contribution in [0.4, 0.5) is 5.69 Å². The number of H-pyrrole nitrogens is 2. The molecule has 1 saturated heterocycles. The van der Waals surface area contributed by atoms with E-state index in [1.54, 1.807) is 31.0 Å². The Hall–Kier alpha value is -5.03. The van der Waals surface area contributed by atoms with E-state index in [0.717, 1.165) is 59.1 Å². The predicted octanol–water partition coefficient (Wildman–Crippen LogP) is 4.30. The maximum atomic E-state index is 12.9. The van der Waals surface area contributed by atoms with E-state index in [0.29, 0.717) is 28.5 Å². The van der Waals surface area contributed by atoms with Crippen molar-refractivity contribution in [3.05, 3.63) is 67.5 Å². The lowest BCUT2D eigenvalue weighted by Gasteiger charge is -2.28. The number of piperidine rings is 1. The van der Waals surface area contributed by atoms with Gasteiger partial charge in [-0.1, -0.05) is 6.07 Å². The molecule has 0 saturated carbocycles. The highest BCUT2D eigenvalue weighted by atomic mass is 16.1.